The third-order valence-corrected chi connectivity index (χ3v) is 7.83. The van der Waals surface area contributed by atoms with E-state index in [1.807, 2.05) is 37.3 Å². The number of hydrogen-bond donors (Lipinski definition) is 0. The molecular formula is C26H26Br2N2O5S. The molecule has 0 aliphatic carbocycles. The molecule has 2 aromatic rings. The van der Waals surface area contributed by atoms with Crippen LogP contribution in [0.5, 0.6) is 11.5 Å². The molecule has 2 heterocycles. The molecule has 0 saturated carbocycles. The summed E-state index contributed by atoms with van der Waals surface area (Å²) in [5.74, 6) is 0.429. The zero-order valence-electron chi connectivity index (χ0n) is 19.8. The number of thioether (sulfide) groups is 1. The number of hydrogen-bond acceptors (Lipinski definition) is 6. The summed E-state index contributed by atoms with van der Waals surface area (Å²) in [7, 11) is 0. The molecule has 0 unspecified atom stereocenters. The van der Waals surface area contributed by atoms with E-state index in [-0.39, 0.29) is 17.4 Å². The lowest BCUT2D eigenvalue weighted by Crippen LogP contribution is -2.44. The fraction of sp³-hybridized carbons (Fsp3) is 0.346. The average Bonchev–Trinajstić information content (AvgIpc) is 3.12. The van der Waals surface area contributed by atoms with Crippen molar-refractivity contribution in [1.29, 1.82) is 0 Å². The molecule has 0 spiro atoms. The second kappa shape index (κ2) is 12.3. The Hall–Kier alpha value is -2.30. The van der Waals surface area contributed by atoms with Crippen LogP contribution in [0.15, 0.2) is 50.2 Å². The Balaban J connectivity index is 1.50. The maximum atomic E-state index is 13.0. The van der Waals surface area contributed by atoms with Gasteiger partial charge in [0.15, 0.2) is 11.5 Å². The van der Waals surface area contributed by atoms with Crippen LogP contribution in [0.3, 0.4) is 0 Å². The number of likely N-dealkylation sites (tertiary alicyclic amines) is 1. The molecular weight excluding hydrogens is 612 g/mol. The zero-order valence-corrected chi connectivity index (χ0v) is 23.8. The van der Waals surface area contributed by atoms with Crippen LogP contribution in [0.4, 0.5) is 4.79 Å². The quantitative estimate of drug-likeness (QED) is 0.319. The second-order valence-corrected chi connectivity index (χ2v) is 11.2. The Labute approximate surface area is 231 Å². The second-order valence-electron chi connectivity index (χ2n) is 8.39. The summed E-state index contributed by atoms with van der Waals surface area (Å²) >= 11 is 7.82. The maximum absolute atomic E-state index is 13.0. The van der Waals surface area contributed by atoms with E-state index in [0.717, 1.165) is 46.0 Å². The molecule has 0 aromatic heterocycles. The van der Waals surface area contributed by atoms with Crippen molar-refractivity contribution in [3.05, 3.63) is 61.4 Å². The summed E-state index contributed by atoms with van der Waals surface area (Å²) in [4.78, 5) is 41.1. The van der Waals surface area contributed by atoms with E-state index in [0.29, 0.717) is 47.8 Å². The van der Waals surface area contributed by atoms with Crippen molar-refractivity contribution in [1.82, 2.24) is 9.80 Å². The first kappa shape index (κ1) is 26.8. The van der Waals surface area contributed by atoms with Crippen molar-refractivity contribution in [2.24, 2.45) is 0 Å². The number of piperidine rings is 1. The van der Waals surface area contributed by atoms with Gasteiger partial charge in [0.25, 0.3) is 11.1 Å². The van der Waals surface area contributed by atoms with Gasteiger partial charge in [-0.25, -0.2) is 0 Å². The lowest BCUT2D eigenvalue weighted by molar-refractivity contribution is -0.136. The highest BCUT2D eigenvalue weighted by Gasteiger charge is 2.37. The van der Waals surface area contributed by atoms with Crippen molar-refractivity contribution in [3.8, 4) is 11.5 Å². The Kier molecular flexibility index (Phi) is 9.14. The molecule has 0 atom stereocenters. The number of ether oxygens (including phenoxy) is 2. The number of benzene rings is 2. The summed E-state index contributed by atoms with van der Waals surface area (Å²) in [5.41, 5.74) is 1.68. The molecule has 190 valence electrons. The van der Waals surface area contributed by atoms with Gasteiger partial charge in [0.2, 0.25) is 5.91 Å². The van der Waals surface area contributed by atoms with Crippen LogP contribution in [0.25, 0.3) is 6.08 Å². The highest BCUT2D eigenvalue weighted by atomic mass is 79.9. The first-order valence-corrected chi connectivity index (χ1v) is 14.1. The smallest absolute Gasteiger partial charge is 0.294 e. The normalized spacial score (nSPS) is 17.1. The predicted molar refractivity (Wildman–Crippen MR) is 147 cm³/mol. The standard InChI is InChI=1S/C26H26Br2N2O5S/c1-2-34-21-13-18(12-20(28)24(21)35-16-17-6-8-19(27)9-7-17)14-22-25(32)30(26(33)36-22)15-23(31)29-10-4-3-5-11-29/h6-9,12-14H,2-5,10-11,15-16H2,1H3/b22-14-. The molecule has 0 bridgehead atoms. The van der Waals surface area contributed by atoms with Gasteiger partial charge in [-0.15, -0.1) is 0 Å². The van der Waals surface area contributed by atoms with Crippen LogP contribution in [0, 0.1) is 0 Å². The van der Waals surface area contributed by atoms with Gasteiger partial charge in [-0.3, -0.25) is 19.3 Å². The Morgan fingerprint density at radius 2 is 1.78 bits per heavy atom. The maximum Gasteiger partial charge on any atom is 0.294 e. The van der Waals surface area contributed by atoms with Crippen LogP contribution in [0.1, 0.15) is 37.3 Å². The summed E-state index contributed by atoms with van der Waals surface area (Å²) in [5, 5.41) is -0.435. The third kappa shape index (κ3) is 6.52. The van der Waals surface area contributed by atoms with Gasteiger partial charge in [-0.2, -0.15) is 0 Å². The van der Waals surface area contributed by atoms with Gasteiger partial charge >= 0.3 is 0 Å². The van der Waals surface area contributed by atoms with E-state index in [1.165, 1.54) is 0 Å². The largest absolute Gasteiger partial charge is 0.490 e. The Morgan fingerprint density at radius 3 is 2.47 bits per heavy atom. The number of rotatable bonds is 8. The summed E-state index contributed by atoms with van der Waals surface area (Å²) in [6.07, 6.45) is 4.64. The predicted octanol–water partition coefficient (Wildman–Crippen LogP) is 6.24. The molecule has 0 N–H and O–H groups in total. The van der Waals surface area contributed by atoms with E-state index < -0.39 is 11.1 Å². The molecule has 7 nitrogen and oxygen atoms in total. The van der Waals surface area contributed by atoms with E-state index >= 15 is 0 Å². The van der Waals surface area contributed by atoms with Crippen LogP contribution in [-0.2, 0) is 16.2 Å². The lowest BCUT2D eigenvalue weighted by Gasteiger charge is -2.27. The molecule has 3 amide bonds. The molecule has 0 radical (unpaired) electrons. The molecule has 36 heavy (non-hydrogen) atoms. The summed E-state index contributed by atoms with van der Waals surface area (Å²) < 4.78 is 13.5. The van der Waals surface area contributed by atoms with Crippen molar-refractivity contribution < 1.29 is 23.9 Å². The third-order valence-electron chi connectivity index (χ3n) is 5.80. The summed E-state index contributed by atoms with van der Waals surface area (Å²) in [6, 6.07) is 11.4. The SMILES string of the molecule is CCOc1cc(/C=C2\SC(=O)N(CC(=O)N3CCCCC3)C2=O)cc(Br)c1OCc1ccc(Br)cc1. The molecule has 4 rings (SSSR count). The average molecular weight is 638 g/mol. The monoisotopic (exact) mass is 636 g/mol. The number of halogens is 2. The van der Waals surface area contributed by atoms with Gasteiger partial charge in [0.05, 0.1) is 16.0 Å². The van der Waals surface area contributed by atoms with E-state index in [1.54, 1.807) is 17.0 Å². The van der Waals surface area contributed by atoms with Crippen molar-refractivity contribution >= 4 is 66.8 Å². The minimum Gasteiger partial charge on any atom is -0.490 e. The Bertz CT molecular complexity index is 1180. The minimum absolute atomic E-state index is 0.188. The summed E-state index contributed by atoms with van der Waals surface area (Å²) in [6.45, 7) is 3.79. The molecule has 2 fully saturated rings. The van der Waals surface area contributed by atoms with E-state index in [2.05, 4.69) is 31.9 Å². The van der Waals surface area contributed by atoms with Crippen LogP contribution in [-0.4, -0.2) is 53.1 Å². The number of nitrogens with zero attached hydrogens (tertiary/aromatic N) is 2. The number of carbonyl (C=O) groups excluding carboxylic acids is 3. The highest BCUT2D eigenvalue weighted by molar-refractivity contribution is 9.10. The number of carbonyl (C=O) groups is 3. The molecule has 2 aromatic carbocycles. The van der Waals surface area contributed by atoms with Crippen molar-refractivity contribution in [2.75, 3.05) is 26.2 Å². The van der Waals surface area contributed by atoms with Crippen molar-refractivity contribution in [3.63, 3.8) is 0 Å². The number of amides is 3. The first-order chi connectivity index (χ1) is 17.4. The molecule has 2 saturated heterocycles. The van der Waals surface area contributed by atoms with Gasteiger partial charge in [0, 0.05) is 17.6 Å². The molecule has 2 aliphatic rings. The fourth-order valence-electron chi connectivity index (χ4n) is 3.98. The van der Waals surface area contributed by atoms with Gasteiger partial charge in [-0.05, 0) is 95.3 Å². The lowest BCUT2D eigenvalue weighted by atomic mass is 10.1. The van der Waals surface area contributed by atoms with Gasteiger partial charge < -0.3 is 14.4 Å². The molecule has 2 aliphatic heterocycles. The van der Waals surface area contributed by atoms with E-state index in [9.17, 15) is 14.4 Å². The number of imide groups is 1. The van der Waals surface area contributed by atoms with Gasteiger partial charge in [0.1, 0.15) is 13.2 Å². The van der Waals surface area contributed by atoms with Gasteiger partial charge in [-0.1, -0.05) is 28.1 Å². The Morgan fingerprint density at radius 1 is 1.06 bits per heavy atom. The van der Waals surface area contributed by atoms with E-state index in [4.69, 9.17) is 9.47 Å². The topological polar surface area (TPSA) is 76.2 Å². The minimum atomic E-state index is -0.458. The zero-order chi connectivity index (χ0) is 25.7. The van der Waals surface area contributed by atoms with Crippen LogP contribution >= 0.6 is 43.6 Å². The first-order valence-electron chi connectivity index (χ1n) is 11.7. The fourth-order valence-corrected chi connectivity index (χ4v) is 5.65. The van der Waals surface area contributed by atoms with Crippen LogP contribution in [0.2, 0.25) is 0 Å². The van der Waals surface area contributed by atoms with Crippen LogP contribution < -0.4 is 9.47 Å². The highest BCUT2D eigenvalue weighted by Crippen LogP contribution is 2.39. The molecule has 10 heteroatoms. The van der Waals surface area contributed by atoms with Crippen molar-refractivity contribution in [2.45, 2.75) is 32.8 Å².